The number of hydrogen-bond donors (Lipinski definition) is 2. The summed E-state index contributed by atoms with van der Waals surface area (Å²) in [5.74, 6) is 1.06. The monoisotopic (exact) mass is 354 g/mol. The maximum atomic E-state index is 12.3. The van der Waals surface area contributed by atoms with E-state index in [1.54, 1.807) is 50.6 Å². The van der Waals surface area contributed by atoms with Gasteiger partial charge in [0.25, 0.3) is 0 Å². The number of anilines is 2. The summed E-state index contributed by atoms with van der Waals surface area (Å²) in [7, 11) is 3.17. The number of methoxy groups -OCH3 is 2. The second-order valence-electron chi connectivity index (χ2n) is 5.62. The molecule has 0 aromatic heterocycles. The van der Waals surface area contributed by atoms with Crippen LogP contribution in [-0.4, -0.2) is 25.9 Å². The molecule has 0 spiro atoms. The first-order valence-corrected chi connectivity index (χ1v) is 8.06. The number of hydrogen-bond acceptors (Lipinski definition) is 5. The molecule has 0 fully saturated rings. The third kappa shape index (κ3) is 5.98. The zero-order valence-electron chi connectivity index (χ0n) is 15.0. The van der Waals surface area contributed by atoms with Crippen LogP contribution < -0.4 is 20.1 Å². The topological polar surface area (TPSA) is 76.7 Å². The molecule has 0 aliphatic carbocycles. The van der Waals surface area contributed by atoms with Crippen molar-refractivity contribution in [1.82, 2.24) is 0 Å². The summed E-state index contributed by atoms with van der Waals surface area (Å²) >= 11 is 0. The van der Waals surface area contributed by atoms with Gasteiger partial charge in [-0.15, -0.1) is 0 Å². The van der Waals surface area contributed by atoms with Gasteiger partial charge in [-0.3, -0.25) is 9.59 Å². The Labute approximate surface area is 152 Å². The van der Waals surface area contributed by atoms with Gasteiger partial charge in [0, 0.05) is 29.6 Å². The summed E-state index contributed by atoms with van der Waals surface area (Å²) in [4.78, 5) is 23.8. The van der Waals surface area contributed by atoms with E-state index < -0.39 is 0 Å². The highest BCUT2D eigenvalue weighted by molar-refractivity contribution is 6.00. The van der Waals surface area contributed by atoms with Crippen molar-refractivity contribution in [2.45, 2.75) is 13.3 Å². The molecule has 2 rings (SSSR count). The zero-order chi connectivity index (χ0) is 18.9. The number of allylic oxidation sites excluding steroid dienone is 1. The van der Waals surface area contributed by atoms with E-state index in [0.29, 0.717) is 17.1 Å². The van der Waals surface area contributed by atoms with Crippen LogP contribution >= 0.6 is 0 Å². The minimum absolute atomic E-state index is 0.0468. The maximum absolute atomic E-state index is 12.3. The Morgan fingerprint density at radius 2 is 1.31 bits per heavy atom. The first kappa shape index (κ1) is 19.1. The van der Waals surface area contributed by atoms with Gasteiger partial charge >= 0.3 is 0 Å². The Morgan fingerprint density at radius 3 is 1.73 bits per heavy atom. The Kier molecular flexibility index (Phi) is 6.79. The summed E-state index contributed by atoms with van der Waals surface area (Å²) in [6.45, 7) is 1.48. The van der Waals surface area contributed by atoms with Crippen molar-refractivity contribution >= 4 is 23.1 Å². The van der Waals surface area contributed by atoms with Crippen LogP contribution in [0.2, 0.25) is 0 Å². The molecule has 2 aromatic rings. The van der Waals surface area contributed by atoms with E-state index >= 15 is 0 Å². The van der Waals surface area contributed by atoms with Crippen molar-refractivity contribution in [2.24, 2.45) is 0 Å². The second kappa shape index (κ2) is 9.27. The molecular formula is C20H22N2O4. The van der Waals surface area contributed by atoms with E-state index in [1.165, 1.54) is 13.0 Å². The highest BCUT2D eigenvalue weighted by Gasteiger charge is 2.07. The Morgan fingerprint density at radius 1 is 0.846 bits per heavy atom. The van der Waals surface area contributed by atoms with Crippen LogP contribution in [0.15, 0.2) is 60.3 Å². The zero-order valence-corrected chi connectivity index (χ0v) is 15.0. The summed E-state index contributed by atoms with van der Waals surface area (Å²) in [6, 6.07) is 14.2. The molecule has 0 heterocycles. The third-order valence-corrected chi connectivity index (χ3v) is 3.50. The predicted molar refractivity (Wildman–Crippen MR) is 102 cm³/mol. The van der Waals surface area contributed by atoms with E-state index in [0.717, 1.165) is 11.4 Å². The molecule has 0 saturated carbocycles. The number of amides is 1. The number of ether oxygens (including phenoxy) is 2. The van der Waals surface area contributed by atoms with E-state index in [-0.39, 0.29) is 18.1 Å². The van der Waals surface area contributed by atoms with Gasteiger partial charge in [-0.1, -0.05) is 0 Å². The average Bonchev–Trinajstić information content (AvgIpc) is 2.62. The molecule has 6 heteroatoms. The van der Waals surface area contributed by atoms with Crippen LogP contribution in [0.5, 0.6) is 11.5 Å². The van der Waals surface area contributed by atoms with Crippen LogP contribution in [0.1, 0.15) is 13.3 Å². The fraction of sp³-hybridized carbons (Fsp3) is 0.200. The second-order valence-corrected chi connectivity index (χ2v) is 5.62. The van der Waals surface area contributed by atoms with Gasteiger partial charge in [-0.25, -0.2) is 0 Å². The summed E-state index contributed by atoms with van der Waals surface area (Å²) < 4.78 is 10.2. The lowest BCUT2D eigenvalue weighted by Gasteiger charge is -2.11. The van der Waals surface area contributed by atoms with Gasteiger partial charge in [0.1, 0.15) is 17.3 Å². The molecular weight excluding hydrogens is 332 g/mol. The molecule has 2 N–H and O–H groups in total. The molecule has 0 atom stereocenters. The number of nitrogens with one attached hydrogen (secondary N) is 2. The van der Waals surface area contributed by atoms with Crippen molar-refractivity contribution in [3.63, 3.8) is 0 Å². The van der Waals surface area contributed by atoms with E-state index in [9.17, 15) is 9.59 Å². The van der Waals surface area contributed by atoms with Crippen LogP contribution in [0.25, 0.3) is 0 Å². The SMILES string of the molecule is COc1ccc(NC(=O)/C=C(/CC(C)=O)Nc2ccc(OC)cc2)cc1. The van der Waals surface area contributed by atoms with Crippen LogP contribution in [0.4, 0.5) is 11.4 Å². The van der Waals surface area contributed by atoms with Gasteiger partial charge in [-0.05, 0) is 55.5 Å². The van der Waals surface area contributed by atoms with Gasteiger partial charge in [-0.2, -0.15) is 0 Å². The molecule has 0 aliphatic rings. The molecule has 2 aromatic carbocycles. The lowest BCUT2D eigenvalue weighted by Crippen LogP contribution is -2.13. The lowest BCUT2D eigenvalue weighted by atomic mass is 10.2. The summed E-state index contributed by atoms with van der Waals surface area (Å²) in [5, 5.41) is 5.86. The minimum Gasteiger partial charge on any atom is -0.497 e. The fourth-order valence-corrected chi connectivity index (χ4v) is 2.27. The van der Waals surface area contributed by atoms with Crippen LogP contribution in [0, 0.1) is 0 Å². The van der Waals surface area contributed by atoms with Crippen LogP contribution in [-0.2, 0) is 9.59 Å². The normalized spacial score (nSPS) is 10.8. The molecule has 0 saturated heterocycles. The largest absolute Gasteiger partial charge is 0.497 e. The summed E-state index contributed by atoms with van der Waals surface area (Å²) in [6.07, 6.45) is 1.51. The molecule has 136 valence electrons. The van der Waals surface area contributed by atoms with E-state index in [4.69, 9.17) is 9.47 Å². The van der Waals surface area contributed by atoms with Crippen molar-refractivity contribution in [3.05, 3.63) is 60.3 Å². The summed E-state index contributed by atoms with van der Waals surface area (Å²) in [5.41, 5.74) is 1.91. The number of benzene rings is 2. The minimum atomic E-state index is -0.326. The van der Waals surface area contributed by atoms with Gasteiger partial charge < -0.3 is 20.1 Å². The molecule has 26 heavy (non-hydrogen) atoms. The van der Waals surface area contributed by atoms with E-state index in [1.807, 2.05) is 12.1 Å². The fourth-order valence-electron chi connectivity index (χ4n) is 2.27. The maximum Gasteiger partial charge on any atom is 0.250 e. The first-order valence-electron chi connectivity index (χ1n) is 8.06. The number of carbonyl (C=O) groups excluding carboxylic acids is 2. The Balaban J connectivity index is 2.09. The highest BCUT2D eigenvalue weighted by Crippen LogP contribution is 2.18. The lowest BCUT2D eigenvalue weighted by molar-refractivity contribution is -0.116. The Hall–Kier alpha value is -3.28. The molecule has 1 amide bonds. The van der Waals surface area contributed by atoms with Crippen molar-refractivity contribution < 1.29 is 19.1 Å². The Bertz CT molecular complexity index is 780. The molecule has 0 bridgehead atoms. The standard InChI is InChI=1S/C20H22N2O4/c1-14(23)12-17(21-15-4-8-18(25-2)9-5-15)13-20(24)22-16-6-10-19(26-3)11-7-16/h4-11,13,21H,12H2,1-3H3,(H,22,24)/b17-13-. The number of ketones is 1. The number of carbonyl (C=O) groups is 2. The quantitative estimate of drug-likeness (QED) is 0.708. The number of Topliss-reactive ketones (excluding diaryl/α,β-unsaturated/α-hetero) is 1. The number of rotatable bonds is 8. The molecule has 6 nitrogen and oxygen atoms in total. The van der Waals surface area contributed by atoms with Crippen molar-refractivity contribution in [2.75, 3.05) is 24.9 Å². The van der Waals surface area contributed by atoms with Crippen molar-refractivity contribution in [3.8, 4) is 11.5 Å². The molecule has 0 unspecified atom stereocenters. The van der Waals surface area contributed by atoms with Gasteiger partial charge in [0.05, 0.1) is 14.2 Å². The first-order chi connectivity index (χ1) is 12.5. The molecule has 0 radical (unpaired) electrons. The van der Waals surface area contributed by atoms with E-state index in [2.05, 4.69) is 10.6 Å². The van der Waals surface area contributed by atoms with Crippen molar-refractivity contribution in [1.29, 1.82) is 0 Å². The smallest absolute Gasteiger partial charge is 0.250 e. The van der Waals surface area contributed by atoms with Gasteiger partial charge in [0.2, 0.25) is 5.91 Å². The van der Waals surface area contributed by atoms with Crippen LogP contribution in [0.3, 0.4) is 0 Å². The third-order valence-electron chi connectivity index (χ3n) is 3.50. The average molecular weight is 354 g/mol. The predicted octanol–water partition coefficient (Wildman–Crippen LogP) is 3.62. The molecule has 0 aliphatic heterocycles. The highest BCUT2D eigenvalue weighted by atomic mass is 16.5. The van der Waals surface area contributed by atoms with Gasteiger partial charge in [0.15, 0.2) is 0 Å².